The number of benzene rings is 1. The molecule has 1 aromatic rings. The van der Waals surface area contributed by atoms with Gasteiger partial charge in [0.25, 0.3) is 0 Å². The zero-order valence-electron chi connectivity index (χ0n) is 13.4. The smallest absolute Gasteiger partial charge is 0.349 e. The third-order valence-corrected chi connectivity index (χ3v) is 3.09. The maximum absolute atomic E-state index is 12.0. The zero-order chi connectivity index (χ0) is 16.5. The number of nitriles is 1. The van der Waals surface area contributed by atoms with E-state index < -0.39 is 5.97 Å². The quantitative estimate of drug-likeness (QED) is 0.439. The van der Waals surface area contributed by atoms with Crippen LogP contribution in [0.3, 0.4) is 0 Å². The first-order chi connectivity index (χ1) is 10.6. The van der Waals surface area contributed by atoms with E-state index in [1.54, 1.807) is 39.3 Å². The zero-order valence-corrected chi connectivity index (χ0v) is 13.4. The summed E-state index contributed by atoms with van der Waals surface area (Å²) in [6.45, 7) is 3.92. The number of ether oxygens (including phenoxy) is 3. The van der Waals surface area contributed by atoms with Crippen LogP contribution in [-0.4, -0.2) is 26.8 Å². The first kappa shape index (κ1) is 17.6. The summed E-state index contributed by atoms with van der Waals surface area (Å²) >= 11 is 0. The summed E-state index contributed by atoms with van der Waals surface area (Å²) in [6, 6.07) is 7.27. The van der Waals surface area contributed by atoms with Crippen LogP contribution in [0.2, 0.25) is 0 Å². The lowest BCUT2D eigenvalue weighted by molar-refractivity contribution is -0.137. The van der Waals surface area contributed by atoms with Crippen molar-refractivity contribution in [1.82, 2.24) is 0 Å². The van der Waals surface area contributed by atoms with E-state index in [4.69, 9.17) is 14.2 Å². The molecular formula is C17H21NO4. The Kier molecular flexibility index (Phi) is 6.97. The molecule has 0 N–H and O–H groups in total. The van der Waals surface area contributed by atoms with Crippen LogP contribution in [0.1, 0.15) is 32.3 Å². The van der Waals surface area contributed by atoms with Crippen LogP contribution in [0.4, 0.5) is 0 Å². The van der Waals surface area contributed by atoms with E-state index in [9.17, 15) is 10.1 Å². The number of carbonyl (C=O) groups is 1. The highest BCUT2D eigenvalue weighted by atomic mass is 16.5. The molecule has 0 saturated carbocycles. The van der Waals surface area contributed by atoms with Gasteiger partial charge < -0.3 is 14.2 Å². The molecule has 0 aromatic heterocycles. The van der Waals surface area contributed by atoms with Gasteiger partial charge >= 0.3 is 5.97 Å². The molecule has 22 heavy (non-hydrogen) atoms. The van der Waals surface area contributed by atoms with Gasteiger partial charge in [0.2, 0.25) is 0 Å². The molecule has 0 amide bonds. The van der Waals surface area contributed by atoms with Crippen molar-refractivity contribution in [1.29, 1.82) is 5.26 Å². The van der Waals surface area contributed by atoms with Gasteiger partial charge in [-0.3, -0.25) is 0 Å². The van der Waals surface area contributed by atoms with Crippen molar-refractivity contribution in [3.05, 3.63) is 29.3 Å². The molecule has 118 valence electrons. The molecule has 0 aliphatic heterocycles. The van der Waals surface area contributed by atoms with Gasteiger partial charge in [0.05, 0.1) is 20.8 Å². The number of hydrogen-bond acceptors (Lipinski definition) is 5. The minimum Gasteiger partial charge on any atom is -0.497 e. The first-order valence-corrected chi connectivity index (χ1v) is 7.15. The summed E-state index contributed by atoms with van der Waals surface area (Å²) in [5.41, 5.74) is 1.39. The molecule has 5 heteroatoms. The fourth-order valence-corrected chi connectivity index (χ4v) is 2.08. The highest BCUT2D eigenvalue weighted by Gasteiger charge is 2.18. The van der Waals surface area contributed by atoms with Crippen molar-refractivity contribution >= 4 is 11.5 Å². The predicted molar refractivity (Wildman–Crippen MR) is 83.6 cm³/mol. The predicted octanol–water partition coefficient (Wildman–Crippen LogP) is 3.34. The Morgan fingerprint density at radius 3 is 2.14 bits per heavy atom. The number of allylic oxidation sites excluding steroid dienone is 1. The third-order valence-electron chi connectivity index (χ3n) is 3.09. The topological polar surface area (TPSA) is 68.6 Å². The first-order valence-electron chi connectivity index (χ1n) is 7.15. The number of carbonyl (C=O) groups excluding carboxylic acids is 1. The van der Waals surface area contributed by atoms with E-state index in [0.29, 0.717) is 23.5 Å². The van der Waals surface area contributed by atoms with Crippen LogP contribution in [0.5, 0.6) is 11.5 Å². The Balaban J connectivity index is 3.47. The Hall–Kier alpha value is -2.48. The Morgan fingerprint density at radius 2 is 1.73 bits per heavy atom. The van der Waals surface area contributed by atoms with E-state index in [1.165, 1.54) is 0 Å². The SMILES string of the molecule is CCCC(=C(C#N)C(=O)OCC)c1cc(OC)cc(OC)c1. The summed E-state index contributed by atoms with van der Waals surface area (Å²) in [5.74, 6) is 0.600. The third kappa shape index (κ3) is 4.26. The summed E-state index contributed by atoms with van der Waals surface area (Å²) in [6.07, 6.45) is 1.37. The largest absolute Gasteiger partial charge is 0.497 e. The number of hydrogen-bond donors (Lipinski definition) is 0. The minimum atomic E-state index is -0.602. The average Bonchev–Trinajstić information content (AvgIpc) is 2.54. The van der Waals surface area contributed by atoms with Crippen molar-refractivity contribution < 1.29 is 19.0 Å². The van der Waals surface area contributed by atoms with Gasteiger partial charge in [0, 0.05) is 6.07 Å². The molecule has 0 spiro atoms. The van der Waals surface area contributed by atoms with Gasteiger partial charge in [-0.25, -0.2) is 4.79 Å². The van der Waals surface area contributed by atoms with Crippen LogP contribution in [-0.2, 0) is 9.53 Å². The van der Waals surface area contributed by atoms with Crippen molar-refractivity contribution in [2.75, 3.05) is 20.8 Å². The van der Waals surface area contributed by atoms with Crippen molar-refractivity contribution in [2.24, 2.45) is 0 Å². The second-order valence-electron chi connectivity index (χ2n) is 4.54. The minimum absolute atomic E-state index is 0.0269. The second-order valence-corrected chi connectivity index (χ2v) is 4.54. The van der Waals surface area contributed by atoms with Gasteiger partial charge in [0.1, 0.15) is 23.1 Å². The van der Waals surface area contributed by atoms with E-state index in [1.807, 2.05) is 13.0 Å². The Bertz CT molecular complexity index is 577. The molecule has 0 atom stereocenters. The molecule has 1 aromatic carbocycles. The normalized spacial score (nSPS) is 11.2. The van der Waals surface area contributed by atoms with Gasteiger partial charge in [-0.05, 0) is 36.6 Å². The summed E-state index contributed by atoms with van der Waals surface area (Å²) < 4.78 is 15.5. The summed E-state index contributed by atoms with van der Waals surface area (Å²) in [4.78, 5) is 12.0. The number of rotatable bonds is 7. The van der Waals surface area contributed by atoms with Crippen LogP contribution >= 0.6 is 0 Å². The van der Waals surface area contributed by atoms with Crippen LogP contribution in [0, 0.1) is 11.3 Å². The maximum Gasteiger partial charge on any atom is 0.349 e. The fourth-order valence-electron chi connectivity index (χ4n) is 2.08. The molecule has 5 nitrogen and oxygen atoms in total. The molecule has 0 radical (unpaired) electrons. The van der Waals surface area contributed by atoms with Gasteiger partial charge in [0.15, 0.2) is 0 Å². The van der Waals surface area contributed by atoms with Crippen molar-refractivity contribution in [3.63, 3.8) is 0 Å². The van der Waals surface area contributed by atoms with E-state index in [-0.39, 0.29) is 12.2 Å². The van der Waals surface area contributed by atoms with Crippen LogP contribution < -0.4 is 9.47 Å². The molecule has 0 bridgehead atoms. The lowest BCUT2D eigenvalue weighted by atomic mass is 9.96. The van der Waals surface area contributed by atoms with Crippen LogP contribution in [0.25, 0.3) is 5.57 Å². The van der Waals surface area contributed by atoms with Gasteiger partial charge in [-0.15, -0.1) is 0 Å². The summed E-state index contributed by atoms with van der Waals surface area (Å²) in [7, 11) is 3.11. The summed E-state index contributed by atoms with van der Waals surface area (Å²) in [5, 5.41) is 9.36. The van der Waals surface area contributed by atoms with E-state index >= 15 is 0 Å². The molecule has 0 aliphatic rings. The van der Waals surface area contributed by atoms with Crippen LogP contribution in [0.15, 0.2) is 23.8 Å². The standard InChI is InChI=1S/C17H21NO4/c1-5-7-15(16(11-18)17(19)22-6-2)12-8-13(20-3)10-14(9-12)21-4/h8-10H,5-7H2,1-4H3. The van der Waals surface area contributed by atoms with Gasteiger partial charge in [-0.2, -0.15) is 5.26 Å². The average molecular weight is 303 g/mol. The second kappa shape index (κ2) is 8.73. The molecule has 0 heterocycles. The highest BCUT2D eigenvalue weighted by molar-refractivity contribution is 6.01. The molecule has 0 unspecified atom stereocenters. The molecule has 1 rings (SSSR count). The van der Waals surface area contributed by atoms with Crippen molar-refractivity contribution in [3.8, 4) is 17.6 Å². The maximum atomic E-state index is 12.0. The lowest BCUT2D eigenvalue weighted by Gasteiger charge is -2.13. The van der Waals surface area contributed by atoms with Gasteiger partial charge in [-0.1, -0.05) is 13.3 Å². The number of methoxy groups -OCH3 is 2. The lowest BCUT2D eigenvalue weighted by Crippen LogP contribution is -2.09. The Labute approximate surface area is 131 Å². The Morgan fingerprint density at radius 1 is 1.14 bits per heavy atom. The highest BCUT2D eigenvalue weighted by Crippen LogP contribution is 2.31. The number of esters is 1. The van der Waals surface area contributed by atoms with Crippen molar-refractivity contribution in [2.45, 2.75) is 26.7 Å². The molecule has 0 aliphatic carbocycles. The van der Waals surface area contributed by atoms with E-state index in [2.05, 4.69) is 0 Å². The monoisotopic (exact) mass is 303 g/mol. The fraction of sp³-hybridized carbons (Fsp3) is 0.412. The molecule has 0 fully saturated rings. The molecular weight excluding hydrogens is 282 g/mol. The van der Waals surface area contributed by atoms with E-state index in [0.717, 1.165) is 12.0 Å². The molecule has 0 saturated heterocycles. The number of nitrogens with zero attached hydrogens (tertiary/aromatic N) is 1.